The number of carbonyl (C=O) groups excluding carboxylic acids is 3. The summed E-state index contributed by atoms with van der Waals surface area (Å²) < 4.78 is 7.53. The number of aromatic nitrogens is 1. The van der Waals surface area contributed by atoms with Crippen molar-refractivity contribution >= 4 is 23.3 Å². The van der Waals surface area contributed by atoms with E-state index in [0.29, 0.717) is 22.9 Å². The van der Waals surface area contributed by atoms with Gasteiger partial charge in [0.1, 0.15) is 0 Å². The second-order valence-corrected chi connectivity index (χ2v) is 7.02. The van der Waals surface area contributed by atoms with Crippen molar-refractivity contribution in [2.45, 2.75) is 52.7 Å². The highest BCUT2D eigenvalue weighted by atomic mass is 16.5. The number of nitrogens with one attached hydrogen (secondary N) is 1. The van der Waals surface area contributed by atoms with Crippen LogP contribution in [0.5, 0.6) is 0 Å². The fraction of sp³-hybridized carbons (Fsp3) is 0.381. The molecule has 142 valence electrons. The Hall–Kier alpha value is -2.89. The lowest BCUT2D eigenvalue weighted by Gasteiger charge is -2.15. The van der Waals surface area contributed by atoms with Crippen LogP contribution in [0.1, 0.15) is 64.8 Å². The number of anilines is 1. The van der Waals surface area contributed by atoms with E-state index in [4.69, 9.17) is 4.74 Å². The number of esters is 1. The van der Waals surface area contributed by atoms with Gasteiger partial charge in [0.25, 0.3) is 5.91 Å². The van der Waals surface area contributed by atoms with Gasteiger partial charge >= 0.3 is 5.97 Å². The van der Waals surface area contributed by atoms with E-state index >= 15 is 0 Å². The lowest BCUT2D eigenvalue weighted by atomic mass is 10.1. The molecular weight excluding hydrogens is 344 g/mol. The first-order valence-corrected chi connectivity index (χ1v) is 9.09. The van der Waals surface area contributed by atoms with Crippen molar-refractivity contribution in [1.82, 2.24) is 4.57 Å². The summed E-state index contributed by atoms with van der Waals surface area (Å²) in [5.74, 6) is -1.14. The Morgan fingerprint density at radius 1 is 1.15 bits per heavy atom. The molecule has 0 spiro atoms. The van der Waals surface area contributed by atoms with Crippen molar-refractivity contribution in [3.05, 3.63) is 52.8 Å². The molecule has 1 saturated carbocycles. The molecule has 1 fully saturated rings. The molecule has 0 saturated heterocycles. The van der Waals surface area contributed by atoms with Crippen molar-refractivity contribution in [2.24, 2.45) is 0 Å². The maximum Gasteiger partial charge on any atom is 0.340 e. The van der Waals surface area contributed by atoms with Crippen LogP contribution in [0.25, 0.3) is 0 Å². The van der Waals surface area contributed by atoms with Crippen LogP contribution in [-0.2, 0) is 9.53 Å². The Bertz CT molecular complexity index is 909. The molecule has 0 aliphatic heterocycles. The smallest absolute Gasteiger partial charge is 0.340 e. The molecule has 6 heteroatoms. The van der Waals surface area contributed by atoms with Gasteiger partial charge in [0, 0.05) is 23.0 Å². The van der Waals surface area contributed by atoms with E-state index in [2.05, 4.69) is 9.88 Å². The number of rotatable bonds is 6. The van der Waals surface area contributed by atoms with E-state index in [0.717, 1.165) is 24.2 Å². The minimum atomic E-state index is -0.985. The van der Waals surface area contributed by atoms with Crippen LogP contribution in [0.2, 0.25) is 0 Å². The molecule has 2 aromatic rings. The molecule has 1 aromatic carbocycles. The topological polar surface area (TPSA) is 77.4 Å². The van der Waals surface area contributed by atoms with Gasteiger partial charge in [-0.3, -0.25) is 9.59 Å². The van der Waals surface area contributed by atoms with E-state index < -0.39 is 18.0 Å². The fourth-order valence-corrected chi connectivity index (χ4v) is 3.29. The summed E-state index contributed by atoms with van der Waals surface area (Å²) in [5, 5.41) is 2.67. The van der Waals surface area contributed by atoms with E-state index in [-0.39, 0.29) is 5.78 Å². The maximum absolute atomic E-state index is 12.5. The number of carbonyl (C=O) groups is 3. The largest absolute Gasteiger partial charge is 0.449 e. The predicted molar refractivity (Wildman–Crippen MR) is 102 cm³/mol. The summed E-state index contributed by atoms with van der Waals surface area (Å²) in [7, 11) is 0. The van der Waals surface area contributed by atoms with Gasteiger partial charge in [0.2, 0.25) is 0 Å². The number of ether oxygens (including phenoxy) is 1. The average molecular weight is 368 g/mol. The molecule has 1 heterocycles. The van der Waals surface area contributed by atoms with Crippen LogP contribution in [0, 0.1) is 13.8 Å². The molecular formula is C21H24N2O4. The molecule has 1 aliphatic carbocycles. The van der Waals surface area contributed by atoms with Crippen LogP contribution in [0.3, 0.4) is 0 Å². The Morgan fingerprint density at radius 3 is 2.44 bits per heavy atom. The molecule has 1 N–H and O–H groups in total. The Balaban J connectivity index is 1.69. The number of hydrogen-bond acceptors (Lipinski definition) is 4. The highest BCUT2D eigenvalue weighted by Gasteiger charge is 2.29. The van der Waals surface area contributed by atoms with Crippen LogP contribution in [-0.4, -0.2) is 28.3 Å². The van der Waals surface area contributed by atoms with Gasteiger partial charge in [0.15, 0.2) is 11.9 Å². The van der Waals surface area contributed by atoms with Crippen molar-refractivity contribution in [2.75, 3.05) is 5.32 Å². The van der Waals surface area contributed by atoms with Crippen LogP contribution in [0.15, 0.2) is 30.3 Å². The first kappa shape index (κ1) is 18.9. The number of amides is 1. The number of hydrogen-bond donors (Lipinski definition) is 1. The van der Waals surface area contributed by atoms with Crippen molar-refractivity contribution in [3.63, 3.8) is 0 Å². The molecule has 1 unspecified atom stereocenters. The van der Waals surface area contributed by atoms with Crippen molar-refractivity contribution in [3.8, 4) is 0 Å². The summed E-state index contributed by atoms with van der Waals surface area (Å²) in [5.41, 5.74) is 3.20. The number of Topliss-reactive ketones (excluding diaryl/α,β-unsaturated/α-hetero) is 1. The van der Waals surface area contributed by atoms with Gasteiger partial charge < -0.3 is 14.6 Å². The third-order valence-electron chi connectivity index (χ3n) is 4.83. The number of benzene rings is 1. The molecule has 6 nitrogen and oxygen atoms in total. The molecule has 0 bridgehead atoms. The van der Waals surface area contributed by atoms with Gasteiger partial charge in [-0.25, -0.2) is 4.79 Å². The van der Waals surface area contributed by atoms with Gasteiger partial charge in [-0.1, -0.05) is 12.1 Å². The zero-order valence-corrected chi connectivity index (χ0v) is 16.0. The van der Waals surface area contributed by atoms with Crippen LogP contribution >= 0.6 is 0 Å². The predicted octanol–water partition coefficient (Wildman–Crippen LogP) is 3.83. The Labute approximate surface area is 158 Å². The van der Waals surface area contributed by atoms with Crippen molar-refractivity contribution < 1.29 is 19.1 Å². The standard InChI is InChI=1S/C21H24N2O4/c1-12-11-18(13(2)23(12)16-9-10-16)21(26)27-15(4)20(25)22-19-8-6-5-7-17(19)14(3)24/h5-8,11,15-16H,9-10H2,1-4H3,(H,22,25). The quantitative estimate of drug-likeness (QED) is 0.621. The third kappa shape index (κ3) is 3.94. The number of para-hydroxylation sites is 1. The summed E-state index contributed by atoms with van der Waals surface area (Å²) in [6, 6.07) is 9.02. The lowest BCUT2D eigenvalue weighted by Crippen LogP contribution is -2.30. The SMILES string of the molecule is CC(=O)c1ccccc1NC(=O)C(C)OC(=O)c1cc(C)n(C2CC2)c1C. The molecule has 27 heavy (non-hydrogen) atoms. The zero-order chi connectivity index (χ0) is 19.7. The first-order valence-electron chi connectivity index (χ1n) is 9.09. The second kappa shape index (κ2) is 7.39. The van der Waals surface area contributed by atoms with E-state index in [1.807, 2.05) is 19.9 Å². The molecule has 3 rings (SSSR count). The Morgan fingerprint density at radius 2 is 1.81 bits per heavy atom. The second-order valence-electron chi connectivity index (χ2n) is 7.02. The lowest BCUT2D eigenvalue weighted by molar-refractivity contribution is -0.123. The fourth-order valence-electron chi connectivity index (χ4n) is 3.29. The molecule has 1 aromatic heterocycles. The minimum Gasteiger partial charge on any atom is -0.449 e. The normalized spacial score (nSPS) is 14.5. The van der Waals surface area contributed by atoms with Crippen LogP contribution in [0.4, 0.5) is 5.69 Å². The first-order chi connectivity index (χ1) is 12.8. The van der Waals surface area contributed by atoms with E-state index in [1.165, 1.54) is 13.8 Å². The van der Waals surface area contributed by atoms with Crippen molar-refractivity contribution in [1.29, 1.82) is 0 Å². The van der Waals surface area contributed by atoms with E-state index in [9.17, 15) is 14.4 Å². The number of nitrogens with zero attached hydrogens (tertiary/aromatic N) is 1. The maximum atomic E-state index is 12.5. The number of aryl methyl sites for hydroxylation is 1. The molecule has 1 amide bonds. The molecule has 1 aliphatic rings. The van der Waals surface area contributed by atoms with E-state index in [1.54, 1.807) is 24.3 Å². The zero-order valence-electron chi connectivity index (χ0n) is 16.0. The summed E-state index contributed by atoms with van der Waals surface area (Å²) in [6.07, 6.45) is 1.26. The summed E-state index contributed by atoms with van der Waals surface area (Å²) >= 11 is 0. The van der Waals surface area contributed by atoms with Gasteiger partial charge in [0.05, 0.1) is 11.3 Å². The molecule has 0 radical (unpaired) electrons. The summed E-state index contributed by atoms with van der Waals surface area (Å²) in [6.45, 7) is 6.82. The van der Waals surface area contributed by atoms with Crippen LogP contribution < -0.4 is 5.32 Å². The van der Waals surface area contributed by atoms with Gasteiger partial charge in [-0.05, 0) is 58.7 Å². The monoisotopic (exact) mass is 368 g/mol. The molecule has 1 atom stereocenters. The van der Waals surface area contributed by atoms with Gasteiger partial charge in [-0.2, -0.15) is 0 Å². The Kier molecular flexibility index (Phi) is 5.17. The third-order valence-corrected chi connectivity index (χ3v) is 4.83. The number of ketones is 1. The van der Waals surface area contributed by atoms with Gasteiger partial charge in [-0.15, -0.1) is 0 Å². The average Bonchev–Trinajstić information content (AvgIpc) is 3.40. The summed E-state index contributed by atoms with van der Waals surface area (Å²) in [4.78, 5) is 36.6. The highest BCUT2D eigenvalue weighted by Crippen LogP contribution is 2.38. The highest BCUT2D eigenvalue weighted by molar-refractivity contribution is 6.05. The minimum absolute atomic E-state index is 0.150.